The highest BCUT2D eigenvalue weighted by atomic mass is 15.3. The van der Waals surface area contributed by atoms with Crippen LogP contribution in [0.25, 0.3) is 22.6 Å². The zero-order valence-electron chi connectivity index (χ0n) is 22.8. The van der Waals surface area contributed by atoms with Crippen LogP contribution in [0, 0.1) is 11.3 Å². The Kier molecular flexibility index (Phi) is 7.48. The van der Waals surface area contributed by atoms with E-state index in [1.54, 1.807) is 21.3 Å². The molecule has 0 amide bonds. The fraction of sp³-hybridized carbons (Fsp3) is 0.167. The van der Waals surface area contributed by atoms with Crippen LogP contribution >= 0.6 is 0 Å². The Morgan fingerprint density at radius 3 is 2.50 bits per heavy atom. The van der Waals surface area contributed by atoms with Gasteiger partial charge in [0.2, 0.25) is 0 Å². The van der Waals surface area contributed by atoms with Crippen LogP contribution in [0.5, 0.6) is 0 Å². The molecule has 6 aromatic rings. The molecule has 7 rings (SSSR count). The predicted molar refractivity (Wildman–Crippen MR) is 164 cm³/mol. The molecule has 0 bridgehead atoms. The molecule has 4 aromatic heterocycles. The molecule has 0 radical (unpaired) electrons. The van der Waals surface area contributed by atoms with Crippen molar-refractivity contribution in [3.05, 3.63) is 90.9 Å². The van der Waals surface area contributed by atoms with Crippen LogP contribution in [-0.4, -0.2) is 48.3 Å². The average molecular weight is 559 g/mol. The molecule has 0 saturated carbocycles. The van der Waals surface area contributed by atoms with Gasteiger partial charge in [-0.25, -0.2) is 14.5 Å². The van der Waals surface area contributed by atoms with Crippen LogP contribution in [-0.2, 0) is 0 Å². The molecule has 0 spiro atoms. The highest BCUT2D eigenvalue weighted by Gasteiger charge is 2.16. The maximum Gasteiger partial charge on any atom is 0.178 e. The van der Waals surface area contributed by atoms with Crippen LogP contribution in [0.4, 0.5) is 28.7 Å². The first-order valence-electron chi connectivity index (χ1n) is 13.6. The zero-order chi connectivity index (χ0) is 28.9. The van der Waals surface area contributed by atoms with Crippen molar-refractivity contribution in [1.29, 1.82) is 5.26 Å². The van der Waals surface area contributed by atoms with Crippen LogP contribution < -0.4 is 27.4 Å². The lowest BCUT2D eigenvalue weighted by Crippen LogP contribution is -2.38. The number of hydrogen-bond donors (Lipinski definition) is 5. The predicted octanol–water partition coefficient (Wildman–Crippen LogP) is 4.07. The van der Waals surface area contributed by atoms with Gasteiger partial charge >= 0.3 is 0 Å². The summed E-state index contributed by atoms with van der Waals surface area (Å²) in [7, 11) is 0. The number of nitrogens with two attached hydrogens (primary N) is 2. The molecular weight excluding hydrogens is 528 g/mol. The van der Waals surface area contributed by atoms with Crippen molar-refractivity contribution >= 4 is 40.0 Å². The van der Waals surface area contributed by atoms with Crippen molar-refractivity contribution in [1.82, 2.24) is 34.5 Å². The summed E-state index contributed by atoms with van der Waals surface area (Å²) < 4.78 is 3.19. The lowest BCUT2D eigenvalue weighted by molar-refractivity contribution is 0.478. The molecule has 0 aliphatic carbocycles. The second-order valence-corrected chi connectivity index (χ2v) is 9.90. The largest absolute Gasteiger partial charge is 0.396 e. The zero-order valence-corrected chi connectivity index (χ0v) is 22.8. The molecule has 1 fully saturated rings. The summed E-state index contributed by atoms with van der Waals surface area (Å²) >= 11 is 0. The average Bonchev–Trinajstić information content (AvgIpc) is 3.64. The molecule has 12 heteroatoms. The van der Waals surface area contributed by atoms with Crippen LogP contribution in [0.2, 0.25) is 0 Å². The third-order valence-electron chi connectivity index (χ3n) is 6.83. The van der Waals surface area contributed by atoms with Gasteiger partial charge < -0.3 is 27.4 Å². The first-order valence-corrected chi connectivity index (χ1v) is 13.6. The summed E-state index contributed by atoms with van der Waals surface area (Å²) in [4.78, 5) is 8.79. The van der Waals surface area contributed by atoms with E-state index in [-0.39, 0.29) is 0 Å². The molecule has 0 unspecified atom stereocenters. The van der Waals surface area contributed by atoms with Crippen molar-refractivity contribution in [2.24, 2.45) is 0 Å². The van der Waals surface area contributed by atoms with Crippen LogP contribution in [0.15, 0.2) is 85.2 Å². The third kappa shape index (κ3) is 5.77. The van der Waals surface area contributed by atoms with Crippen LogP contribution in [0.1, 0.15) is 18.5 Å². The third-order valence-corrected chi connectivity index (χ3v) is 6.83. The van der Waals surface area contributed by atoms with Gasteiger partial charge in [0, 0.05) is 36.0 Å². The minimum absolute atomic E-state index is 0.331. The number of aromatic nitrogens is 6. The summed E-state index contributed by atoms with van der Waals surface area (Å²) in [5, 5.41) is 28.2. The minimum atomic E-state index is 0.331. The number of para-hydroxylation sites is 1. The number of nitrogens with zero attached hydrogens (tertiary/aromatic N) is 7. The van der Waals surface area contributed by atoms with E-state index in [1.165, 1.54) is 0 Å². The Hall–Kier alpha value is -5.67. The number of imidazole rings is 2. The van der Waals surface area contributed by atoms with E-state index in [1.807, 2.05) is 72.9 Å². The molecular formula is C30H30N12. The number of rotatable bonds is 5. The van der Waals surface area contributed by atoms with Crippen molar-refractivity contribution in [3.8, 4) is 17.3 Å². The normalized spacial score (nSPS) is 14.6. The number of fused-ring (bicyclic) bond motifs is 2. The van der Waals surface area contributed by atoms with Gasteiger partial charge in [-0.2, -0.15) is 9.78 Å². The monoisotopic (exact) mass is 558 g/mol. The maximum absolute atomic E-state index is 9.32. The minimum Gasteiger partial charge on any atom is -0.396 e. The van der Waals surface area contributed by atoms with Gasteiger partial charge in [-0.1, -0.05) is 48.5 Å². The van der Waals surface area contributed by atoms with E-state index < -0.39 is 0 Å². The number of anilines is 5. The molecule has 1 atom stereocenters. The Morgan fingerprint density at radius 2 is 1.76 bits per heavy atom. The van der Waals surface area contributed by atoms with Gasteiger partial charge in [0.1, 0.15) is 17.7 Å². The number of piperidine rings is 1. The van der Waals surface area contributed by atoms with E-state index in [0.29, 0.717) is 34.5 Å². The summed E-state index contributed by atoms with van der Waals surface area (Å²) in [5.41, 5.74) is 17.3. The number of nitrogens with one attached hydrogen (secondary N) is 3. The van der Waals surface area contributed by atoms with E-state index in [0.717, 1.165) is 54.4 Å². The van der Waals surface area contributed by atoms with Gasteiger partial charge in [0.15, 0.2) is 17.0 Å². The fourth-order valence-corrected chi connectivity index (χ4v) is 4.84. The lowest BCUT2D eigenvalue weighted by Gasteiger charge is -2.24. The Morgan fingerprint density at radius 1 is 0.976 bits per heavy atom. The van der Waals surface area contributed by atoms with Crippen molar-refractivity contribution in [3.63, 3.8) is 0 Å². The Balaban J connectivity index is 0.000000162. The summed E-state index contributed by atoms with van der Waals surface area (Å²) in [6.07, 6.45) is 5.61. The van der Waals surface area contributed by atoms with Gasteiger partial charge in [0.25, 0.3) is 0 Å². The van der Waals surface area contributed by atoms with E-state index in [2.05, 4.69) is 42.2 Å². The molecule has 210 valence electrons. The highest BCUT2D eigenvalue weighted by Crippen LogP contribution is 2.25. The quantitative estimate of drug-likeness (QED) is 0.208. The maximum atomic E-state index is 9.32. The van der Waals surface area contributed by atoms with E-state index >= 15 is 0 Å². The van der Waals surface area contributed by atoms with E-state index in [9.17, 15) is 5.26 Å². The molecule has 42 heavy (non-hydrogen) atoms. The number of nitrogen functional groups attached to an aromatic ring is 2. The second-order valence-electron chi connectivity index (χ2n) is 9.90. The Bertz CT molecular complexity index is 1850. The summed E-state index contributed by atoms with van der Waals surface area (Å²) in [5.74, 6) is 1.11. The first kappa shape index (κ1) is 26.5. The summed E-state index contributed by atoms with van der Waals surface area (Å²) in [6.45, 7) is 1.97. The number of hydrogen-bond acceptors (Lipinski definition) is 10. The molecule has 1 saturated heterocycles. The molecule has 12 nitrogen and oxygen atoms in total. The molecule has 2 aromatic carbocycles. The first-order chi connectivity index (χ1) is 20.6. The molecule has 1 aliphatic rings. The molecule has 7 N–H and O–H groups in total. The van der Waals surface area contributed by atoms with Crippen molar-refractivity contribution in [2.75, 3.05) is 35.2 Å². The number of nitriles is 1. The lowest BCUT2D eigenvalue weighted by atomic mass is 10.1. The molecule has 5 heterocycles. The standard InChI is InChI=1S/C18H19N7.C12H11N5/c19-10-15-12-21-18-16(22-13-5-2-1-3-6-13)9-17(24-25(15)18)23-14-7-4-8-20-11-14;13-9-6-11(14)16-17-7-10(15-12(9)17)8-4-2-1-3-5-8/h1-3,5-6,9,12,14,20,22H,4,7-8,11H2,(H,23,24);1-7H,13H2,(H2,14,16)/t14-;/m0./s1. The smallest absolute Gasteiger partial charge is 0.178 e. The highest BCUT2D eigenvalue weighted by molar-refractivity contribution is 5.76. The van der Waals surface area contributed by atoms with Crippen molar-refractivity contribution < 1.29 is 0 Å². The Labute approximate surface area is 242 Å². The van der Waals surface area contributed by atoms with Gasteiger partial charge in [-0.05, 0) is 31.5 Å². The summed E-state index contributed by atoms with van der Waals surface area (Å²) in [6, 6.07) is 25.8. The second kappa shape index (κ2) is 11.8. The van der Waals surface area contributed by atoms with E-state index in [4.69, 9.17) is 11.5 Å². The number of benzene rings is 2. The van der Waals surface area contributed by atoms with Gasteiger partial charge in [-0.3, -0.25) is 0 Å². The molecule has 1 aliphatic heterocycles. The SMILES string of the molecule is N#Cc1cnc2c(Nc3ccccc3)cc(N[C@H]3CCCNC3)nn12.Nc1cc(N)c2nc(-c3ccccc3)cn2n1. The van der Waals surface area contributed by atoms with Crippen molar-refractivity contribution in [2.45, 2.75) is 18.9 Å². The van der Waals surface area contributed by atoms with Gasteiger partial charge in [-0.15, -0.1) is 10.2 Å². The van der Waals surface area contributed by atoms with Gasteiger partial charge in [0.05, 0.1) is 29.5 Å². The van der Waals surface area contributed by atoms with Crippen LogP contribution in [0.3, 0.4) is 0 Å². The fourth-order valence-electron chi connectivity index (χ4n) is 4.84. The topological polar surface area (TPSA) is 172 Å².